The summed E-state index contributed by atoms with van der Waals surface area (Å²) in [5.74, 6) is 0.0427. The maximum Gasteiger partial charge on any atom is 0.264 e. The van der Waals surface area contributed by atoms with Crippen LogP contribution in [0.3, 0.4) is 0 Å². The van der Waals surface area contributed by atoms with Crippen LogP contribution in [0.25, 0.3) is 0 Å². The molecule has 5 aromatic carbocycles. The van der Waals surface area contributed by atoms with E-state index in [0.29, 0.717) is 35.7 Å². The number of anilines is 3. The van der Waals surface area contributed by atoms with Gasteiger partial charge in [0.15, 0.2) is 5.60 Å². The van der Waals surface area contributed by atoms with E-state index >= 15 is 4.79 Å². The van der Waals surface area contributed by atoms with Crippen LogP contribution in [0, 0.1) is 5.92 Å². The number of carbonyl (C=O) groups is 3. The molecule has 0 aromatic heterocycles. The number of hydrogen-bond donors (Lipinski definition) is 1. The Morgan fingerprint density at radius 3 is 2.11 bits per heavy atom. The van der Waals surface area contributed by atoms with E-state index in [0.717, 1.165) is 28.5 Å². The fraction of sp³-hybridized carbons (Fsp3) is 0.283. The van der Waals surface area contributed by atoms with Gasteiger partial charge in [-0.15, -0.1) is 0 Å². The molecule has 56 heavy (non-hydrogen) atoms. The first-order valence-corrected chi connectivity index (χ1v) is 22.2. The maximum absolute atomic E-state index is 15.4. The van der Waals surface area contributed by atoms with Crippen LogP contribution in [-0.2, 0) is 37.8 Å². The average Bonchev–Trinajstić information content (AvgIpc) is 3.64. The Morgan fingerprint density at radius 2 is 1.50 bits per heavy atom. The largest absolute Gasteiger partial charge is 0.497 e. The lowest BCUT2D eigenvalue weighted by atomic mass is 9.82. The van der Waals surface area contributed by atoms with E-state index in [4.69, 9.17) is 9.47 Å². The molecular weight excluding hydrogens is 719 g/mol. The number of carbonyl (C=O) groups excluding carboxylic acids is 3. The van der Waals surface area contributed by atoms with E-state index < -0.39 is 19.8 Å². The summed E-state index contributed by atoms with van der Waals surface area (Å²) in [6, 6.07) is 42.8. The van der Waals surface area contributed by atoms with Crippen LogP contribution in [0.1, 0.15) is 30.0 Å². The first kappa shape index (κ1) is 38.7. The first-order valence-electron chi connectivity index (χ1n) is 19.2. The van der Waals surface area contributed by atoms with Gasteiger partial charge >= 0.3 is 0 Å². The normalized spacial score (nSPS) is 20.2. The van der Waals surface area contributed by atoms with Gasteiger partial charge < -0.3 is 24.4 Å². The second-order valence-electron chi connectivity index (χ2n) is 15.3. The number of ether oxygens (including phenoxy) is 2. The zero-order chi connectivity index (χ0) is 39.5. The van der Waals surface area contributed by atoms with Gasteiger partial charge in [0.25, 0.3) is 5.91 Å². The molecular formula is C46H49N3O6Si. The number of benzene rings is 5. The van der Waals surface area contributed by atoms with Gasteiger partial charge in [-0.05, 0) is 59.1 Å². The summed E-state index contributed by atoms with van der Waals surface area (Å²) in [5, 5.41) is 11.2. The quantitative estimate of drug-likeness (QED) is 0.0952. The molecule has 5 aromatic rings. The number of nitrogens with zero attached hydrogens (tertiary/aromatic N) is 3. The Labute approximate surface area is 330 Å². The van der Waals surface area contributed by atoms with Gasteiger partial charge in [-0.3, -0.25) is 19.3 Å². The SMILES string of the molecule is COc1ccc([Si](C)(C)[C@H]2[C@H](CC(=O)N(CCO)Cc3ccccc3)O[C@@]3(C(=O)N(Cc4ccccc4)c4ccc(N(C=O)c5ccccc5)cc43)[C@@H]2C)cc1. The molecule has 0 unspecified atom stereocenters. The summed E-state index contributed by atoms with van der Waals surface area (Å²) < 4.78 is 12.8. The van der Waals surface area contributed by atoms with Crippen molar-refractivity contribution in [3.8, 4) is 5.75 Å². The molecule has 1 fully saturated rings. The molecule has 1 spiro atoms. The second kappa shape index (κ2) is 16.3. The zero-order valence-electron chi connectivity index (χ0n) is 32.4. The third kappa shape index (κ3) is 7.16. The van der Waals surface area contributed by atoms with Crippen molar-refractivity contribution < 1.29 is 29.0 Å². The van der Waals surface area contributed by atoms with E-state index in [2.05, 4.69) is 32.2 Å². The van der Waals surface area contributed by atoms with Gasteiger partial charge in [-0.25, -0.2) is 0 Å². The van der Waals surface area contributed by atoms with Gasteiger partial charge in [-0.1, -0.05) is 116 Å². The lowest BCUT2D eigenvalue weighted by Gasteiger charge is -2.37. The number of hydrogen-bond acceptors (Lipinski definition) is 6. The van der Waals surface area contributed by atoms with E-state index in [1.807, 2.05) is 121 Å². The molecule has 7 rings (SSSR count). The zero-order valence-corrected chi connectivity index (χ0v) is 33.4. The summed E-state index contributed by atoms with van der Waals surface area (Å²) >= 11 is 0. The number of para-hydroxylation sites is 1. The molecule has 9 nitrogen and oxygen atoms in total. The molecule has 288 valence electrons. The summed E-state index contributed by atoms with van der Waals surface area (Å²) in [7, 11) is -0.932. The predicted octanol–water partition coefficient (Wildman–Crippen LogP) is 7.16. The van der Waals surface area contributed by atoms with Gasteiger partial charge in [0.05, 0.1) is 46.5 Å². The number of aliphatic hydroxyl groups excluding tert-OH is 1. The van der Waals surface area contributed by atoms with Crippen molar-refractivity contribution in [2.45, 2.75) is 56.8 Å². The number of aliphatic hydroxyl groups is 1. The first-order chi connectivity index (χ1) is 27.1. The van der Waals surface area contributed by atoms with Crippen LogP contribution in [0.2, 0.25) is 18.6 Å². The van der Waals surface area contributed by atoms with Gasteiger partial charge in [0.1, 0.15) is 5.75 Å². The highest BCUT2D eigenvalue weighted by Gasteiger charge is 2.66. The molecule has 3 amide bonds. The standard InChI is InChI=1S/C46H49N3O6Si/c1-33-44(56(3,4)39-23-21-38(54-2)22-24-39)42(29-43(52)47(26-27-50)30-34-14-8-5-9-15-34)55-46(33)40-28-37(49(32-51)36-18-12-7-13-19-36)20-25-41(40)48(45(46)53)31-35-16-10-6-11-17-35/h5-25,28,32-33,42,44,50H,26-27,29-31H2,1-4H3/t33-,42+,44-,46+/m1/s1. The molecule has 0 aliphatic carbocycles. The number of fused-ring (bicyclic) bond motifs is 2. The predicted molar refractivity (Wildman–Crippen MR) is 222 cm³/mol. The smallest absolute Gasteiger partial charge is 0.264 e. The fourth-order valence-corrected chi connectivity index (χ4v) is 13.0. The van der Waals surface area contributed by atoms with Crippen LogP contribution < -0.4 is 19.7 Å². The molecule has 1 N–H and O–H groups in total. The highest BCUT2D eigenvalue weighted by molar-refractivity contribution is 6.91. The summed E-state index contributed by atoms with van der Waals surface area (Å²) in [6.07, 6.45) is 0.182. The van der Waals surface area contributed by atoms with Crippen LogP contribution in [0.15, 0.2) is 133 Å². The van der Waals surface area contributed by atoms with Gasteiger partial charge in [0.2, 0.25) is 12.3 Å². The fourth-order valence-electron chi connectivity index (χ4n) is 8.95. The number of rotatable bonds is 14. The molecule has 0 saturated carbocycles. The van der Waals surface area contributed by atoms with Crippen LogP contribution in [0.4, 0.5) is 17.1 Å². The highest BCUT2D eigenvalue weighted by Crippen LogP contribution is 2.60. The molecule has 2 aliphatic heterocycles. The Balaban J connectivity index is 1.36. The molecule has 0 bridgehead atoms. The van der Waals surface area contributed by atoms with Crippen molar-refractivity contribution in [3.63, 3.8) is 0 Å². The topological polar surface area (TPSA) is 99.6 Å². The molecule has 4 atom stereocenters. The lowest BCUT2D eigenvalue weighted by Crippen LogP contribution is -2.52. The summed E-state index contributed by atoms with van der Waals surface area (Å²) in [5.41, 5.74) is 2.98. The van der Waals surface area contributed by atoms with Crippen LogP contribution in [0.5, 0.6) is 5.75 Å². The van der Waals surface area contributed by atoms with Gasteiger partial charge in [-0.2, -0.15) is 0 Å². The van der Waals surface area contributed by atoms with E-state index in [1.54, 1.807) is 21.8 Å². The lowest BCUT2D eigenvalue weighted by molar-refractivity contribution is -0.150. The Hall–Kier alpha value is -5.55. The van der Waals surface area contributed by atoms with Crippen LogP contribution in [-0.4, -0.2) is 62.7 Å². The van der Waals surface area contributed by atoms with Crippen molar-refractivity contribution in [1.29, 1.82) is 0 Å². The Kier molecular flexibility index (Phi) is 11.2. The summed E-state index contributed by atoms with van der Waals surface area (Å²) in [6.45, 7) is 7.32. The molecule has 0 radical (unpaired) electrons. The van der Waals surface area contributed by atoms with E-state index in [-0.39, 0.29) is 42.8 Å². The molecule has 1 saturated heterocycles. The third-order valence-corrected chi connectivity index (χ3v) is 16.1. The Morgan fingerprint density at radius 1 is 0.875 bits per heavy atom. The molecule has 2 heterocycles. The van der Waals surface area contributed by atoms with Crippen molar-refractivity contribution in [2.75, 3.05) is 30.1 Å². The minimum atomic E-state index is -2.58. The van der Waals surface area contributed by atoms with Crippen molar-refractivity contribution in [1.82, 2.24) is 4.90 Å². The third-order valence-electron chi connectivity index (χ3n) is 11.7. The molecule has 2 aliphatic rings. The number of methoxy groups -OCH3 is 1. The highest BCUT2D eigenvalue weighted by atomic mass is 28.3. The monoisotopic (exact) mass is 767 g/mol. The maximum atomic E-state index is 15.4. The van der Waals surface area contributed by atoms with E-state index in [9.17, 15) is 14.7 Å². The van der Waals surface area contributed by atoms with Crippen molar-refractivity contribution in [2.24, 2.45) is 5.92 Å². The Bertz CT molecular complexity index is 2150. The van der Waals surface area contributed by atoms with Crippen molar-refractivity contribution in [3.05, 3.63) is 150 Å². The summed E-state index contributed by atoms with van der Waals surface area (Å²) in [4.78, 5) is 47.6. The minimum Gasteiger partial charge on any atom is -0.497 e. The average molecular weight is 768 g/mol. The number of amides is 3. The van der Waals surface area contributed by atoms with Gasteiger partial charge in [0, 0.05) is 35.9 Å². The van der Waals surface area contributed by atoms with E-state index in [1.165, 1.54) is 0 Å². The van der Waals surface area contributed by atoms with Crippen molar-refractivity contribution >= 4 is 48.5 Å². The minimum absolute atomic E-state index is 0.0294. The van der Waals surface area contributed by atoms with Crippen LogP contribution >= 0.6 is 0 Å². The molecule has 10 heteroatoms. The second-order valence-corrected chi connectivity index (χ2v) is 20.0.